The van der Waals surface area contributed by atoms with Crippen LogP contribution in [0.2, 0.25) is 0 Å². The second-order valence-electron chi connectivity index (χ2n) is 5.46. The number of carbonyl (C=O) groups excluding carboxylic acids is 1. The predicted molar refractivity (Wildman–Crippen MR) is 66.9 cm³/mol. The number of carbonyl (C=O) groups is 1. The summed E-state index contributed by atoms with van der Waals surface area (Å²) < 4.78 is 0. The van der Waals surface area contributed by atoms with Gasteiger partial charge in [-0.1, -0.05) is 32.0 Å². The van der Waals surface area contributed by atoms with Gasteiger partial charge in [0.05, 0.1) is 0 Å². The van der Waals surface area contributed by atoms with Crippen molar-refractivity contribution in [1.29, 1.82) is 0 Å². The summed E-state index contributed by atoms with van der Waals surface area (Å²) in [5.41, 5.74) is 1.71. The molecule has 0 bridgehead atoms. The lowest BCUT2D eigenvalue weighted by atomic mass is 9.91. The molecule has 3 nitrogen and oxygen atoms in total. The molecule has 0 aliphatic carbocycles. The van der Waals surface area contributed by atoms with Crippen molar-refractivity contribution in [3.05, 3.63) is 35.4 Å². The number of aliphatic hydroxyl groups is 1. The highest BCUT2D eigenvalue weighted by Crippen LogP contribution is 2.23. The molecular weight excluding hydrogens is 214 g/mol. The highest BCUT2D eigenvalue weighted by Gasteiger charge is 2.28. The van der Waals surface area contributed by atoms with Crippen molar-refractivity contribution in [2.75, 3.05) is 19.7 Å². The third-order valence-electron chi connectivity index (χ3n) is 3.23. The van der Waals surface area contributed by atoms with Crippen LogP contribution in [-0.2, 0) is 6.42 Å². The van der Waals surface area contributed by atoms with Crippen LogP contribution >= 0.6 is 0 Å². The van der Waals surface area contributed by atoms with Crippen molar-refractivity contribution in [3.63, 3.8) is 0 Å². The molecule has 1 aromatic rings. The summed E-state index contributed by atoms with van der Waals surface area (Å²) in [5.74, 6) is 0.0911. The lowest BCUT2D eigenvalue weighted by molar-refractivity contribution is 0.0584. The van der Waals surface area contributed by atoms with E-state index in [0.717, 1.165) is 24.1 Å². The number of hydrogen-bond donors (Lipinski definition) is 1. The normalized spacial score (nSPS) is 15.9. The summed E-state index contributed by atoms with van der Waals surface area (Å²) in [5, 5.41) is 9.27. The quantitative estimate of drug-likeness (QED) is 0.863. The number of hydrogen-bond acceptors (Lipinski definition) is 2. The molecule has 0 aromatic heterocycles. The van der Waals surface area contributed by atoms with Gasteiger partial charge in [-0.2, -0.15) is 0 Å². The van der Waals surface area contributed by atoms with Crippen molar-refractivity contribution in [2.24, 2.45) is 5.41 Å². The Morgan fingerprint density at radius 1 is 1.35 bits per heavy atom. The average molecular weight is 233 g/mol. The highest BCUT2D eigenvalue weighted by atomic mass is 16.3. The van der Waals surface area contributed by atoms with E-state index in [1.54, 1.807) is 0 Å². The summed E-state index contributed by atoms with van der Waals surface area (Å²) in [4.78, 5) is 14.1. The van der Waals surface area contributed by atoms with E-state index in [0.29, 0.717) is 6.54 Å². The molecule has 1 aromatic carbocycles. The molecule has 0 radical (unpaired) electrons. The lowest BCUT2D eigenvalue weighted by Gasteiger charge is -2.34. The van der Waals surface area contributed by atoms with Gasteiger partial charge in [0.15, 0.2) is 0 Å². The van der Waals surface area contributed by atoms with Gasteiger partial charge >= 0.3 is 0 Å². The largest absolute Gasteiger partial charge is 0.396 e. The fourth-order valence-electron chi connectivity index (χ4n) is 2.19. The molecule has 1 aliphatic rings. The molecule has 92 valence electrons. The predicted octanol–water partition coefficient (Wildman–Crippen LogP) is 1.70. The van der Waals surface area contributed by atoms with Crippen molar-refractivity contribution >= 4 is 5.91 Å². The number of benzene rings is 1. The molecule has 1 amide bonds. The lowest BCUT2D eigenvalue weighted by Crippen LogP contribution is -2.44. The van der Waals surface area contributed by atoms with Gasteiger partial charge < -0.3 is 10.0 Å². The first-order valence-electron chi connectivity index (χ1n) is 6.01. The third-order valence-corrected chi connectivity index (χ3v) is 3.23. The molecule has 0 saturated heterocycles. The van der Waals surface area contributed by atoms with E-state index in [1.165, 1.54) is 0 Å². The summed E-state index contributed by atoms with van der Waals surface area (Å²) >= 11 is 0. The molecule has 0 spiro atoms. The molecule has 3 heteroatoms. The number of aliphatic hydroxyl groups excluding tert-OH is 1. The Balaban J connectivity index is 2.18. The molecule has 0 unspecified atom stereocenters. The van der Waals surface area contributed by atoms with Gasteiger partial charge in [0, 0.05) is 30.7 Å². The smallest absolute Gasteiger partial charge is 0.254 e. The van der Waals surface area contributed by atoms with Gasteiger partial charge in [-0.25, -0.2) is 0 Å². The van der Waals surface area contributed by atoms with Crippen molar-refractivity contribution in [2.45, 2.75) is 20.3 Å². The maximum Gasteiger partial charge on any atom is 0.254 e. The minimum atomic E-state index is -0.234. The Hall–Kier alpha value is -1.35. The zero-order chi connectivity index (χ0) is 12.5. The van der Waals surface area contributed by atoms with Gasteiger partial charge in [-0.05, 0) is 18.1 Å². The van der Waals surface area contributed by atoms with E-state index >= 15 is 0 Å². The Kier molecular flexibility index (Phi) is 3.20. The van der Waals surface area contributed by atoms with Crippen molar-refractivity contribution < 1.29 is 9.90 Å². The molecule has 17 heavy (non-hydrogen) atoms. The number of nitrogens with zero attached hydrogens (tertiary/aromatic N) is 1. The molecule has 1 N–H and O–H groups in total. The SMILES string of the molecule is CC(C)(CO)CN1CCc2ccccc2C1=O. The number of fused-ring (bicyclic) bond motifs is 1. The first kappa shape index (κ1) is 12.1. The number of rotatable bonds is 3. The maximum atomic E-state index is 12.3. The van der Waals surface area contributed by atoms with Crippen molar-refractivity contribution in [3.8, 4) is 0 Å². The molecule has 0 fully saturated rings. The van der Waals surface area contributed by atoms with Crippen LogP contribution in [0.4, 0.5) is 0 Å². The summed E-state index contributed by atoms with van der Waals surface area (Å²) in [6, 6.07) is 7.77. The van der Waals surface area contributed by atoms with Crippen LogP contribution < -0.4 is 0 Å². The molecular formula is C14H19NO2. The van der Waals surface area contributed by atoms with Gasteiger partial charge in [0.2, 0.25) is 0 Å². The van der Waals surface area contributed by atoms with Gasteiger partial charge in [0.1, 0.15) is 0 Å². The van der Waals surface area contributed by atoms with Crippen LogP contribution in [-0.4, -0.2) is 35.6 Å². The van der Waals surface area contributed by atoms with Crippen LogP contribution in [0.15, 0.2) is 24.3 Å². The second kappa shape index (κ2) is 4.49. The summed E-state index contributed by atoms with van der Waals surface area (Å²) in [7, 11) is 0. The van der Waals surface area contributed by atoms with Crippen LogP contribution in [0.5, 0.6) is 0 Å². The summed E-state index contributed by atoms with van der Waals surface area (Å²) in [6.45, 7) is 5.40. The average Bonchev–Trinajstić information content (AvgIpc) is 2.33. The minimum Gasteiger partial charge on any atom is -0.396 e. The fourth-order valence-corrected chi connectivity index (χ4v) is 2.19. The zero-order valence-electron chi connectivity index (χ0n) is 10.4. The Labute approximate surface area is 102 Å². The zero-order valence-corrected chi connectivity index (χ0v) is 10.4. The highest BCUT2D eigenvalue weighted by molar-refractivity contribution is 5.96. The molecule has 0 saturated carbocycles. The Morgan fingerprint density at radius 3 is 2.76 bits per heavy atom. The Bertz CT molecular complexity index is 426. The first-order valence-corrected chi connectivity index (χ1v) is 6.01. The van der Waals surface area contributed by atoms with Crippen LogP contribution in [0, 0.1) is 5.41 Å². The maximum absolute atomic E-state index is 12.3. The van der Waals surface area contributed by atoms with Crippen LogP contribution in [0.1, 0.15) is 29.8 Å². The van der Waals surface area contributed by atoms with Crippen LogP contribution in [0.25, 0.3) is 0 Å². The first-order chi connectivity index (χ1) is 8.03. The molecule has 1 aliphatic heterocycles. The monoisotopic (exact) mass is 233 g/mol. The van der Waals surface area contributed by atoms with Gasteiger partial charge in [0.25, 0.3) is 5.91 Å². The van der Waals surface area contributed by atoms with Gasteiger partial charge in [-0.3, -0.25) is 4.79 Å². The molecule has 2 rings (SSSR count). The van der Waals surface area contributed by atoms with E-state index in [4.69, 9.17) is 0 Å². The molecule has 0 atom stereocenters. The van der Waals surface area contributed by atoms with E-state index in [2.05, 4.69) is 0 Å². The van der Waals surface area contributed by atoms with E-state index in [1.807, 2.05) is 43.0 Å². The molecule has 1 heterocycles. The topological polar surface area (TPSA) is 40.5 Å². The van der Waals surface area contributed by atoms with E-state index in [-0.39, 0.29) is 17.9 Å². The van der Waals surface area contributed by atoms with E-state index in [9.17, 15) is 9.90 Å². The second-order valence-corrected chi connectivity index (χ2v) is 5.46. The van der Waals surface area contributed by atoms with E-state index < -0.39 is 0 Å². The standard InChI is InChI=1S/C14H19NO2/c1-14(2,10-16)9-15-8-7-11-5-3-4-6-12(11)13(15)17/h3-6,16H,7-10H2,1-2H3. The summed E-state index contributed by atoms with van der Waals surface area (Å²) in [6.07, 6.45) is 0.906. The van der Waals surface area contributed by atoms with Crippen molar-refractivity contribution in [1.82, 2.24) is 4.90 Å². The minimum absolute atomic E-state index is 0.0911. The van der Waals surface area contributed by atoms with Gasteiger partial charge in [-0.15, -0.1) is 0 Å². The third kappa shape index (κ3) is 2.50. The van der Waals surface area contributed by atoms with Crippen LogP contribution in [0.3, 0.4) is 0 Å². The Morgan fingerprint density at radius 2 is 2.06 bits per heavy atom. The number of amides is 1. The fraction of sp³-hybridized carbons (Fsp3) is 0.500.